The van der Waals surface area contributed by atoms with E-state index in [0.717, 1.165) is 5.69 Å². The molecule has 0 spiro atoms. The Morgan fingerprint density at radius 2 is 2.18 bits per heavy atom. The van der Waals surface area contributed by atoms with Crippen LogP contribution >= 0.6 is 15.9 Å². The Kier molecular flexibility index (Phi) is 4.52. The first-order valence-corrected chi connectivity index (χ1v) is 7.33. The van der Waals surface area contributed by atoms with E-state index < -0.39 is 11.7 Å². The van der Waals surface area contributed by atoms with E-state index in [9.17, 15) is 4.79 Å². The fourth-order valence-electron chi connectivity index (χ4n) is 1.71. The fourth-order valence-corrected chi connectivity index (χ4v) is 2.07. The lowest BCUT2D eigenvalue weighted by molar-refractivity contribution is 0.0636. The molecule has 0 aliphatic carbocycles. The topological polar surface area (TPSA) is 79.9 Å². The first-order chi connectivity index (χ1) is 10.3. The summed E-state index contributed by atoms with van der Waals surface area (Å²) >= 11 is 3.27. The van der Waals surface area contributed by atoms with Gasteiger partial charge < -0.3 is 4.74 Å². The minimum atomic E-state index is -0.559. The Balaban J connectivity index is 2.20. The molecule has 0 radical (unpaired) electrons. The van der Waals surface area contributed by atoms with Crippen molar-refractivity contribution in [1.29, 1.82) is 5.26 Å². The maximum atomic E-state index is 11.8. The van der Waals surface area contributed by atoms with E-state index in [1.54, 1.807) is 49.8 Å². The maximum Gasteiger partial charge on any atom is 0.412 e. The molecule has 114 valence electrons. The van der Waals surface area contributed by atoms with Gasteiger partial charge in [0.2, 0.25) is 0 Å². The summed E-state index contributed by atoms with van der Waals surface area (Å²) in [7, 11) is 0. The highest BCUT2D eigenvalue weighted by Crippen LogP contribution is 2.20. The lowest BCUT2D eigenvalue weighted by Gasteiger charge is -2.19. The molecule has 1 amide bonds. The van der Waals surface area contributed by atoms with E-state index >= 15 is 0 Å². The normalized spacial score (nSPS) is 10.9. The summed E-state index contributed by atoms with van der Waals surface area (Å²) in [4.78, 5) is 11.8. The summed E-state index contributed by atoms with van der Waals surface area (Å²) in [5.41, 5.74) is 1.04. The first kappa shape index (κ1) is 16.0. The number of benzene rings is 1. The van der Waals surface area contributed by atoms with Crippen LogP contribution in [-0.4, -0.2) is 21.5 Å². The second-order valence-electron chi connectivity index (χ2n) is 5.56. The van der Waals surface area contributed by atoms with Gasteiger partial charge >= 0.3 is 6.09 Å². The fraction of sp³-hybridized carbons (Fsp3) is 0.267. The standard InChI is InChI=1S/C15H15BrN4O2/c1-15(2,3)22-14(21)18-10-5-4-6-11(7-10)20-9-12(16)13(8-17)19-20/h4-7,9H,1-3H3,(H,18,21). The van der Waals surface area contributed by atoms with Gasteiger partial charge in [-0.1, -0.05) is 6.07 Å². The number of nitriles is 1. The van der Waals surface area contributed by atoms with Gasteiger partial charge in [0, 0.05) is 11.9 Å². The van der Waals surface area contributed by atoms with Gasteiger partial charge in [-0.05, 0) is 54.9 Å². The van der Waals surface area contributed by atoms with Crippen molar-refractivity contribution < 1.29 is 9.53 Å². The Bertz CT molecular complexity index is 741. The number of aromatic nitrogens is 2. The summed E-state index contributed by atoms with van der Waals surface area (Å²) in [6, 6.07) is 9.08. The number of halogens is 1. The SMILES string of the molecule is CC(C)(C)OC(=O)Nc1cccc(-n2cc(Br)c(C#N)n2)c1. The molecule has 6 nitrogen and oxygen atoms in total. The number of rotatable bonds is 2. The number of hydrogen-bond donors (Lipinski definition) is 1. The molecule has 0 fully saturated rings. The van der Waals surface area contributed by atoms with Gasteiger partial charge in [-0.15, -0.1) is 0 Å². The van der Waals surface area contributed by atoms with E-state index in [4.69, 9.17) is 10.00 Å². The molecule has 0 saturated heterocycles. The van der Waals surface area contributed by atoms with Gasteiger partial charge in [0.15, 0.2) is 5.69 Å². The second kappa shape index (κ2) is 6.20. The van der Waals surface area contributed by atoms with Crippen molar-refractivity contribution in [2.45, 2.75) is 26.4 Å². The van der Waals surface area contributed by atoms with E-state index in [1.807, 2.05) is 12.1 Å². The third kappa shape index (κ3) is 4.09. The molecule has 0 unspecified atom stereocenters. The number of nitrogens with one attached hydrogen (secondary N) is 1. The Morgan fingerprint density at radius 3 is 2.77 bits per heavy atom. The average molecular weight is 363 g/mol. The summed E-state index contributed by atoms with van der Waals surface area (Å²) < 4.78 is 7.37. The monoisotopic (exact) mass is 362 g/mol. The van der Waals surface area contributed by atoms with E-state index in [-0.39, 0.29) is 0 Å². The van der Waals surface area contributed by atoms with Gasteiger partial charge in [0.1, 0.15) is 11.7 Å². The predicted octanol–water partition coefficient (Wildman–Crippen LogP) is 3.85. The molecular weight excluding hydrogens is 348 g/mol. The summed E-state index contributed by atoms with van der Waals surface area (Å²) in [6.45, 7) is 5.40. The highest BCUT2D eigenvalue weighted by Gasteiger charge is 2.16. The van der Waals surface area contributed by atoms with Crippen LogP contribution in [-0.2, 0) is 4.74 Å². The van der Waals surface area contributed by atoms with Gasteiger partial charge in [-0.2, -0.15) is 10.4 Å². The van der Waals surface area contributed by atoms with Crippen LogP contribution < -0.4 is 5.32 Å². The van der Waals surface area contributed by atoms with Gasteiger partial charge in [-0.3, -0.25) is 5.32 Å². The highest BCUT2D eigenvalue weighted by atomic mass is 79.9. The molecule has 0 saturated carbocycles. The number of ether oxygens (including phenoxy) is 1. The minimum Gasteiger partial charge on any atom is -0.444 e. The summed E-state index contributed by atoms with van der Waals surface area (Å²) in [5, 5.41) is 15.7. The van der Waals surface area contributed by atoms with Crippen molar-refractivity contribution in [2.24, 2.45) is 0 Å². The molecule has 1 aromatic carbocycles. The first-order valence-electron chi connectivity index (χ1n) is 6.54. The molecule has 0 aliphatic rings. The van der Waals surface area contributed by atoms with Gasteiger partial charge in [0.25, 0.3) is 0 Å². The molecule has 7 heteroatoms. The van der Waals surface area contributed by atoms with Crippen molar-refractivity contribution in [1.82, 2.24) is 9.78 Å². The van der Waals surface area contributed by atoms with Gasteiger partial charge in [0.05, 0.1) is 10.2 Å². The lowest BCUT2D eigenvalue weighted by Crippen LogP contribution is -2.27. The third-order valence-electron chi connectivity index (χ3n) is 2.53. The minimum absolute atomic E-state index is 0.297. The van der Waals surface area contributed by atoms with Crippen LogP contribution in [0.2, 0.25) is 0 Å². The van der Waals surface area contributed by atoms with Crippen molar-refractivity contribution >= 4 is 27.7 Å². The quantitative estimate of drug-likeness (QED) is 0.879. The largest absolute Gasteiger partial charge is 0.444 e. The summed E-state index contributed by atoms with van der Waals surface area (Å²) in [6.07, 6.45) is 1.16. The number of nitrogens with zero attached hydrogens (tertiary/aromatic N) is 3. The Morgan fingerprint density at radius 1 is 1.45 bits per heavy atom. The van der Waals surface area contributed by atoms with Crippen LogP contribution in [0.3, 0.4) is 0 Å². The molecule has 22 heavy (non-hydrogen) atoms. The van der Waals surface area contributed by atoms with Crippen molar-refractivity contribution in [3.05, 3.63) is 40.6 Å². The number of amides is 1. The van der Waals surface area contributed by atoms with E-state index in [1.165, 1.54) is 0 Å². The van der Waals surface area contributed by atoms with Crippen molar-refractivity contribution in [3.8, 4) is 11.8 Å². The van der Waals surface area contributed by atoms with Crippen LogP contribution in [0.25, 0.3) is 5.69 Å². The molecule has 0 bridgehead atoms. The number of carbonyl (C=O) groups is 1. The molecule has 2 rings (SSSR count). The second-order valence-corrected chi connectivity index (χ2v) is 6.41. The van der Waals surface area contributed by atoms with E-state index in [2.05, 4.69) is 26.3 Å². The zero-order chi connectivity index (χ0) is 16.3. The molecular formula is C15H15BrN4O2. The molecule has 0 aliphatic heterocycles. The Labute approximate surface area is 136 Å². The molecule has 0 atom stereocenters. The number of hydrogen-bond acceptors (Lipinski definition) is 4. The molecule has 1 heterocycles. The zero-order valence-corrected chi connectivity index (χ0v) is 14.0. The van der Waals surface area contributed by atoms with Crippen LogP contribution in [0.4, 0.5) is 10.5 Å². The molecule has 2 aromatic rings. The lowest BCUT2D eigenvalue weighted by atomic mass is 10.2. The maximum absolute atomic E-state index is 11.8. The number of anilines is 1. The number of carbonyl (C=O) groups excluding carboxylic acids is 1. The Hall–Kier alpha value is -2.33. The average Bonchev–Trinajstić information content (AvgIpc) is 2.78. The van der Waals surface area contributed by atoms with Crippen molar-refractivity contribution in [3.63, 3.8) is 0 Å². The van der Waals surface area contributed by atoms with Crippen molar-refractivity contribution in [2.75, 3.05) is 5.32 Å². The van der Waals surface area contributed by atoms with Crippen LogP contribution in [0, 0.1) is 11.3 Å². The highest BCUT2D eigenvalue weighted by molar-refractivity contribution is 9.10. The van der Waals surface area contributed by atoms with Crippen LogP contribution in [0.1, 0.15) is 26.5 Å². The van der Waals surface area contributed by atoms with E-state index in [0.29, 0.717) is 15.9 Å². The van der Waals surface area contributed by atoms with Crippen LogP contribution in [0.15, 0.2) is 34.9 Å². The third-order valence-corrected chi connectivity index (χ3v) is 3.11. The van der Waals surface area contributed by atoms with Crippen LogP contribution in [0.5, 0.6) is 0 Å². The zero-order valence-electron chi connectivity index (χ0n) is 12.4. The molecule has 1 aromatic heterocycles. The predicted molar refractivity (Wildman–Crippen MR) is 85.8 cm³/mol. The smallest absolute Gasteiger partial charge is 0.412 e. The molecule has 1 N–H and O–H groups in total. The van der Waals surface area contributed by atoms with Gasteiger partial charge in [-0.25, -0.2) is 9.48 Å². The summed E-state index contributed by atoms with van der Waals surface area (Å²) in [5.74, 6) is 0.